The number of benzene rings is 1. The van der Waals surface area contributed by atoms with Gasteiger partial charge in [-0.3, -0.25) is 4.98 Å². The average molecular weight is 576 g/mol. The second-order valence-corrected chi connectivity index (χ2v) is 13.4. The number of aromatic nitrogens is 3. The smallest absolute Gasteiger partial charge is 0.337 e. The number of rotatable bonds is 6. The third-order valence-electron chi connectivity index (χ3n) is 8.42. The number of carbonyl (C=O) groups is 1. The van der Waals surface area contributed by atoms with Crippen LogP contribution < -0.4 is 9.80 Å². The molecule has 1 fully saturated rings. The van der Waals surface area contributed by atoms with Crippen molar-refractivity contribution >= 4 is 17.5 Å². The van der Waals surface area contributed by atoms with E-state index < -0.39 is 23.5 Å². The number of aliphatic carboxylic acids is 1. The van der Waals surface area contributed by atoms with Gasteiger partial charge >= 0.3 is 5.97 Å². The minimum atomic E-state index is -1.16. The number of carboxylic acids is 1. The van der Waals surface area contributed by atoms with E-state index in [1.807, 2.05) is 39.5 Å². The second-order valence-electron chi connectivity index (χ2n) is 13.4. The molecule has 3 aromatic rings. The van der Waals surface area contributed by atoms with Crippen molar-refractivity contribution in [1.29, 1.82) is 0 Å². The molecule has 8 nitrogen and oxygen atoms in total. The first-order chi connectivity index (χ1) is 19.7. The van der Waals surface area contributed by atoms with E-state index in [1.165, 1.54) is 18.1 Å². The van der Waals surface area contributed by atoms with Crippen molar-refractivity contribution in [2.75, 3.05) is 29.4 Å². The Balaban J connectivity index is 1.63. The predicted octanol–water partition coefficient (Wildman–Crippen LogP) is 6.42. The highest BCUT2D eigenvalue weighted by molar-refractivity contribution is 5.88. The summed E-state index contributed by atoms with van der Waals surface area (Å²) < 4.78 is 20.6. The zero-order valence-corrected chi connectivity index (χ0v) is 25.8. The van der Waals surface area contributed by atoms with Gasteiger partial charge in [-0.25, -0.2) is 19.2 Å². The van der Waals surface area contributed by atoms with Crippen molar-refractivity contribution in [3.8, 4) is 11.1 Å². The number of carboxylic acid groups (broad SMARTS) is 1. The number of halogens is 1. The molecule has 0 saturated carbocycles. The Bertz CT molecular complexity index is 1490. The third-order valence-corrected chi connectivity index (χ3v) is 8.42. The molecule has 1 N–H and O–H groups in total. The number of hydrogen-bond acceptors (Lipinski definition) is 7. The zero-order valence-electron chi connectivity index (χ0n) is 25.8. The number of hydrogen-bond donors (Lipinski definition) is 1. The number of fused-ring (bicyclic) bond motifs is 1. The van der Waals surface area contributed by atoms with Crippen LogP contribution in [0.2, 0.25) is 0 Å². The molecule has 0 bridgehead atoms. The topological polar surface area (TPSA) is 91.7 Å². The molecule has 4 heterocycles. The van der Waals surface area contributed by atoms with Crippen LogP contribution in [0.15, 0.2) is 30.7 Å². The first-order valence-corrected chi connectivity index (χ1v) is 14.7. The highest BCUT2D eigenvalue weighted by atomic mass is 19.1. The van der Waals surface area contributed by atoms with Crippen LogP contribution in [0.4, 0.5) is 15.9 Å². The molecule has 1 aromatic carbocycles. The van der Waals surface area contributed by atoms with Crippen LogP contribution in [0.5, 0.6) is 0 Å². The van der Waals surface area contributed by atoms with Crippen molar-refractivity contribution in [3.05, 3.63) is 64.6 Å². The van der Waals surface area contributed by atoms with Crippen molar-refractivity contribution in [2.45, 2.75) is 86.0 Å². The molecule has 224 valence electrons. The maximum atomic E-state index is 14.4. The van der Waals surface area contributed by atoms with Crippen LogP contribution in [0, 0.1) is 25.1 Å². The lowest BCUT2D eigenvalue weighted by Crippen LogP contribution is -2.39. The number of aryl methyl sites for hydroxylation is 2. The second kappa shape index (κ2) is 11.2. The fourth-order valence-electron chi connectivity index (χ4n) is 6.18. The highest BCUT2D eigenvalue weighted by Gasteiger charge is 2.36. The lowest BCUT2D eigenvalue weighted by Gasteiger charge is -2.41. The Hall–Kier alpha value is -3.59. The molecule has 2 aromatic heterocycles. The van der Waals surface area contributed by atoms with Gasteiger partial charge < -0.3 is 19.6 Å². The van der Waals surface area contributed by atoms with Crippen LogP contribution in [0.3, 0.4) is 0 Å². The van der Waals surface area contributed by atoms with Crippen molar-refractivity contribution in [1.82, 2.24) is 15.0 Å². The van der Waals surface area contributed by atoms with Gasteiger partial charge in [0.15, 0.2) is 17.7 Å². The molecular formula is C33H42FN5O3. The van der Waals surface area contributed by atoms with E-state index in [0.29, 0.717) is 30.2 Å². The van der Waals surface area contributed by atoms with Crippen LogP contribution in [-0.2, 0) is 22.5 Å². The number of pyridine rings is 1. The monoisotopic (exact) mass is 575 g/mol. The lowest BCUT2D eigenvalue weighted by atomic mass is 9.81. The molecule has 42 heavy (non-hydrogen) atoms. The van der Waals surface area contributed by atoms with Gasteiger partial charge in [0.2, 0.25) is 0 Å². The van der Waals surface area contributed by atoms with E-state index in [1.54, 1.807) is 0 Å². The van der Waals surface area contributed by atoms with Gasteiger partial charge in [0.1, 0.15) is 6.33 Å². The van der Waals surface area contributed by atoms with Crippen LogP contribution >= 0.6 is 0 Å². The molecule has 5 rings (SSSR count). The minimum Gasteiger partial charge on any atom is -0.479 e. The van der Waals surface area contributed by atoms with Crippen LogP contribution in [-0.4, -0.2) is 51.3 Å². The van der Waals surface area contributed by atoms with Gasteiger partial charge in [-0.2, -0.15) is 0 Å². The largest absolute Gasteiger partial charge is 0.479 e. The number of anilines is 2. The fraction of sp³-hybridized carbons (Fsp3) is 0.515. The van der Waals surface area contributed by atoms with Crippen LogP contribution in [0.1, 0.15) is 81.6 Å². The number of ether oxygens (including phenoxy) is 1. The van der Waals surface area contributed by atoms with Gasteiger partial charge in [0.25, 0.3) is 0 Å². The summed E-state index contributed by atoms with van der Waals surface area (Å²) in [4.78, 5) is 29.9. The number of nitrogens with zero attached hydrogens (tertiary/aromatic N) is 5. The Morgan fingerprint density at radius 1 is 1.07 bits per heavy atom. The molecule has 0 radical (unpaired) electrons. The van der Waals surface area contributed by atoms with Gasteiger partial charge in [-0.05, 0) is 76.0 Å². The quantitative estimate of drug-likeness (QED) is 0.360. The van der Waals surface area contributed by atoms with Gasteiger partial charge in [-0.15, -0.1) is 0 Å². The summed E-state index contributed by atoms with van der Waals surface area (Å²) in [6.07, 6.45) is 4.15. The van der Waals surface area contributed by atoms with Gasteiger partial charge in [0, 0.05) is 48.7 Å². The summed E-state index contributed by atoms with van der Waals surface area (Å²) in [5.74, 6) is -1.13. The van der Waals surface area contributed by atoms with Crippen molar-refractivity contribution in [3.63, 3.8) is 0 Å². The van der Waals surface area contributed by atoms with Crippen molar-refractivity contribution in [2.24, 2.45) is 5.41 Å². The summed E-state index contributed by atoms with van der Waals surface area (Å²) in [7, 11) is 0. The third kappa shape index (κ3) is 6.11. The normalized spacial score (nSPS) is 17.6. The van der Waals surface area contributed by atoms with Gasteiger partial charge in [-0.1, -0.05) is 32.0 Å². The molecular weight excluding hydrogens is 533 g/mol. The molecule has 0 amide bonds. The Morgan fingerprint density at radius 3 is 2.43 bits per heavy atom. The van der Waals surface area contributed by atoms with Crippen LogP contribution in [0.25, 0.3) is 11.1 Å². The van der Waals surface area contributed by atoms with E-state index in [-0.39, 0.29) is 5.41 Å². The van der Waals surface area contributed by atoms with Gasteiger partial charge in [0.05, 0.1) is 17.5 Å². The Morgan fingerprint density at radius 2 is 1.79 bits per heavy atom. The Kier molecular flexibility index (Phi) is 8.00. The molecule has 0 aliphatic carbocycles. The first kappa shape index (κ1) is 29.9. The lowest BCUT2D eigenvalue weighted by molar-refractivity contribution is -0.160. The van der Waals surface area contributed by atoms with E-state index in [0.717, 1.165) is 60.4 Å². The maximum absolute atomic E-state index is 14.4. The highest BCUT2D eigenvalue weighted by Crippen LogP contribution is 2.45. The summed E-state index contributed by atoms with van der Waals surface area (Å²) in [5, 5.41) is 10.4. The van der Waals surface area contributed by atoms with Crippen molar-refractivity contribution < 1.29 is 19.0 Å². The zero-order chi connectivity index (χ0) is 30.4. The molecule has 2 aliphatic rings. The fourth-order valence-corrected chi connectivity index (χ4v) is 6.18. The van der Waals surface area contributed by atoms with E-state index in [4.69, 9.17) is 9.72 Å². The molecule has 1 atom stereocenters. The standard InChI is InChI=1S/C33H42FN5O3/c1-20-26(23-8-9-24-18-39(13-10-22(24)16-23)30-25(34)17-35-19-36-30)28(38-14-11-33(6,7)12-15-38)27(21(2)37-20)29(31(40)41)42-32(3,4)5/h8-9,16-17,19,29H,10-15,18H2,1-7H3,(H,40,41). The summed E-state index contributed by atoms with van der Waals surface area (Å²) in [6.45, 7) is 16.9. The van der Waals surface area contributed by atoms with E-state index in [2.05, 4.69) is 46.9 Å². The molecule has 0 spiro atoms. The average Bonchev–Trinajstić information content (AvgIpc) is 2.91. The maximum Gasteiger partial charge on any atom is 0.337 e. The molecule has 9 heteroatoms. The summed E-state index contributed by atoms with van der Waals surface area (Å²) in [5.41, 5.74) is 6.88. The first-order valence-electron chi connectivity index (χ1n) is 14.7. The predicted molar refractivity (Wildman–Crippen MR) is 162 cm³/mol. The summed E-state index contributed by atoms with van der Waals surface area (Å²) in [6, 6.07) is 6.38. The molecule has 1 saturated heterocycles. The Labute approximate surface area is 248 Å². The number of piperidine rings is 1. The summed E-state index contributed by atoms with van der Waals surface area (Å²) >= 11 is 0. The molecule has 1 unspecified atom stereocenters. The molecule has 2 aliphatic heterocycles. The van der Waals surface area contributed by atoms with E-state index in [9.17, 15) is 14.3 Å². The van der Waals surface area contributed by atoms with E-state index >= 15 is 0 Å². The minimum absolute atomic E-state index is 0.225. The SMILES string of the molecule is Cc1nc(C)c(C(OC(C)(C)C)C(=O)O)c(N2CCC(C)(C)CC2)c1-c1ccc2c(c1)CCN(c1ncncc1F)C2.